The molecule has 7 nitrogen and oxygen atoms in total. The van der Waals surface area contributed by atoms with Gasteiger partial charge in [0.25, 0.3) is 11.6 Å². The van der Waals surface area contributed by atoms with Crippen LogP contribution in [-0.2, 0) is 4.74 Å². The monoisotopic (exact) mass is 293 g/mol. The van der Waals surface area contributed by atoms with Gasteiger partial charge in [-0.05, 0) is 19.5 Å². The summed E-state index contributed by atoms with van der Waals surface area (Å²) in [6, 6.07) is 4.67. The molecule has 7 heteroatoms. The molecule has 114 valence electrons. The summed E-state index contributed by atoms with van der Waals surface area (Å²) in [7, 11) is 1.82. The number of nitrogens with zero attached hydrogens (tertiary/aromatic N) is 2. The highest BCUT2D eigenvalue weighted by Crippen LogP contribution is 2.24. The SMILES string of the molecule is CNCC1CN(C(=O)c2c(C)cccc2[N+](=O)[O-])CCO1. The summed E-state index contributed by atoms with van der Waals surface area (Å²) in [5, 5.41) is 14.1. The van der Waals surface area contributed by atoms with Gasteiger partial charge in [-0.3, -0.25) is 14.9 Å². The summed E-state index contributed by atoms with van der Waals surface area (Å²) in [6.45, 7) is 3.68. The standard InChI is InChI=1S/C14H19N3O4/c1-10-4-3-5-12(17(19)20)13(10)14(18)16-6-7-21-11(9-16)8-15-2/h3-5,11,15H,6-9H2,1-2H3. The smallest absolute Gasteiger partial charge is 0.282 e. The van der Waals surface area contributed by atoms with Gasteiger partial charge in [0, 0.05) is 25.7 Å². The van der Waals surface area contributed by atoms with Crippen LogP contribution in [0.25, 0.3) is 0 Å². The summed E-state index contributed by atoms with van der Waals surface area (Å²) in [6.07, 6.45) is -0.0872. The lowest BCUT2D eigenvalue weighted by Crippen LogP contribution is -2.48. The molecule has 1 aromatic carbocycles. The van der Waals surface area contributed by atoms with Crippen molar-refractivity contribution in [1.82, 2.24) is 10.2 Å². The second-order valence-corrected chi connectivity index (χ2v) is 5.03. The number of benzene rings is 1. The fourth-order valence-electron chi connectivity index (χ4n) is 2.50. The van der Waals surface area contributed by atoms with E-state index in [4.69, 9.17) is 4.74 Å². The number of hydrogen-bond acceptors (Lipinski definition) is 5. The van der Waals surface area contributed by atoms with Gasteiger partial charge in [-0.2, -0.15) is 0 Å². The highest BCUT2D eigenvalue weighted by Gasteiger charge is 2.30. The first-order chi connectivity index (χ1) is 10.0. The minimum atomic E-state index is -0.508. The number of aryl methyl sites for hydroxylation is 1. The number of morpholine rings is 1. The van der Waals surface area contributed by atoms with Gasteiger partial charge in [0.05, 0.1) is 17.6 Å². The molecule has 0 radical (unpaired) electrons. The van der Waals surface area contributed by atoms with Crippen LogP contribution in [0.3, 0.4) is 0 Å². The summed E-state index contributed by atoms with van der Waals surface area (Å²) < 4.78 is 5.55. The third-order valence-corrected chi connectivity index (χ3v) is 3.52. The summed E-state index contributed by atoms with van der Waals surface area (Å²) in [4.78, 5) is 24.9. The molecule has 1 atom stereocenters. The molecule has 1 N–H and O–H groups in total. The van der Waals surface area contributed by atoms with E-state index in [1.54, 1.807) is 24.0 Å². The number of carbonyl (C=O) groups is 1. The van der Waals surface area contributed by atoms with Gasteiger partial charge in [-0.1, -0.05) is 12.1 Å². The average molecular weight is 293 g/mol. The van der Waals surface area contributed by atoms with Crippen LogP contribution in [0.15, 0.2) is 18.2 Å². The van der Waals surface area contributed by atoms with Crippen LogP contribution in [0.1, 0.15) is 15.9 Å². The Hall–Kier alpha value is -1.99. The normalized spacial score (nSPS) is 18.6. The number of ether oxygens (including phenoxy) is 1. The van der Waals surface area contributed by atoms with E-state index in [9.17, 15) is 14.9 Å². The quantitative estimate of drug-likeness (QED) is 0.660. The topological polar surface area (TPSA) is 84.7 Å². The zero-order valence-electron chi connectivity index (χ0n) is 12.2. The lowest BCUT2D eigenvalue weighted by Gasteiger charge is -2.33. The predicted molar refractivity (Wildman–Crippen MR) is 77.4 cm³/mol. The van der Waals surface area contributed by atoms with Crippen molar-refractivity contribution in [3.63, 3.8) is 0 Å². The van der Waals surface area contributed by atoms with E-state index in [0.29, 0.717) is 31.8 Å². The van der Waals surface area contributed by atoms with Crippen molar-refractivity contribution in [3.8, 4) is 0 Å². The summed E-state index contributed by atoms with van der Waals surface area (Å²) >= 11 is 0. The Kier molecular flexibility index (Phi) is 4.87. The van der Waals surface area contributed by atoms with Crippen molar-refractivity contribution in [2.45, 2.75) is 13.0 Å². The molecule has 1 aliphatic rings. The third kappa shape index (κ3) is 3.37. The zero-order valence-corrected chi connectivity index (χ0v) is 12.2. The highest BCUT2D eigenvalue weighted by atomic mass is 16.6. The lowest BCUT2D eigenvalue weighted by atomic mass is 10.0. The maximum atomic E-state index is 12.6. The Bertz CT molecular complexity index is 545. The van der Waals surface area contributed by atoms with E-state index in [1.165, 1.54) is 6.07 Å². The van der Waals surface area contributed by atoms with Crippen molar-refractivity contribution >= 4 is 11.6 Å². The first kappa shape index (κ1) is 15.4. The van der Waals surface area contributed by atoms with Gasteiger partial charge in [-0.15, -0.1) is 0 Å². The van der Waals surface area contributed by atoms with E-state index in [1.807, 2.05) is 7.05 Å². The van der Waals surface area contributed by atoms with E-state index < -0.39 is 4.92 Å². The molecule has 1 fully saturated rings. The van der Waals surface area contributed by atoms with Gasteiger partial charge >= 0.3 is 0 Å². The van der Waals surface area contributed by atoms with Crippen molar-refractivity contribution in [2.24, 2.45) is 0 Å². The Balaban J connectivity index is 2.25. The Morgan fingerprint density at radius 3 is 3.00 bits per heavy atom. The van der Waals surface area contributed by atoms with Gasteiger partial charge in [0.15, 0.2) is 0 Å². The molecule has 21 heavy (non-hydrogen) atoms. The number of hydrogen-bond donors (Lipinski definition) is 1. The molecule has 1 aromatic rings. The van der Waals surface area contributed by atoms with E-state index in [2.05, 4.69) is 5.32 Å². The first-order valence-corrected chi connectivity index (χ1v) is 6.84. The molecule has 0 spiro atoms. The molecule has 1 amide bonds. The van der Waals surface area contributed by atoms with Crippen LogP contribution >= 0.6 is 0 Å². The van der Waals surface area contributed by atoms with Crippen LogP contribution in [0.2, 0.25) is 0 Å². The van der Waals surface area contributed by atoms with Crippen molar-refractivity contribution < 1.29 is 14.5 Å². The third-order valence-electron chi connectivity index (χ3n) is 3.52. The largest absolute Gasteiger partial charge is 0.373 e. The Morgan fingerprint density at radius 1 is 1.57 bits per heavy atom. The van der Waals surface area contributed by atoms with Crippen molar-refractivity contribution in [2.75, 3.05) is 33.3 Å². The molecular formula is C14H19N3O4. The minimum absolute atomic E-state index is 0.0872. The van der Waals surface area contributed by atoms with E-state index >= 15 is 0 Å². The molecular weight excluding hydrogens is 274 g/mol. The molecule has 1 unspecified atom stereocenters. The van der Waals surface area contributed by atoms with E-state index in [0.717, 1.165) is 0 Å². The second-order valence-electron chi connectivity index (χ2n) is 5.03. The Labute approximate surface area is 123 Å². The first-order valence-electron chi connectivity index (χ1n) is 6.84. The molecule has 0 saturated carbocycles. The number of rotatable bonds is 4. The number of likely N-dealkylation sites (N-methyl/N-ethyl adjacent to an activating group) is 1. The molecule has 2 rings (SSSR count). The van der Waals surface area contributed by atoms with Crippen LogP contribution in [0, 0.1) is 17.0 Å². The molecule has 0 aromatic heterocycles. The number of nitro groups is 1. The maximum absolute atomic E-state index is 12.6. The number of nitro benzene ring substituents is 1. The van der Waals surface area contributed by atoms with Crippen LogP contribution in [-0.4, -0.2) is 55.1 Å². The fourth-order valence-corrected chi connectivity index (χ4v) is 2.50. The number of amides is 1. The van der Waals surface area contributed by atoms with Gasteiger partial charge in [-0.25, -0.2) is 0 Å². The number of carbonyl (C=O) groups excluding carboxylic acids is 1. The van der Waals surface area contributed by atoms with Crippen LogP contribution in [0.4, 0.5) is 5.69 Å². The maximum Gasteiger partial charge on any atom is 0.282 e. The number of nitrogens with one attached hydrogen (secondary N) is 1. The molecule has 1 heterocycles. The molecule has 0 aliphatic carbocycles. The Morgan fingerprint density at radius 2 is 2.33 bits per heavy atom. The summed E-state index contributed by atoms with van der Waals surface area (Å²) in [5.41, 5.74) is 0.648. The van der Waals surface area contributed by atoms with Crippen LogP contribution in [0.5, 0.6) is 0 Å². The van der Waals surface area contributed by atoms with Crippen LogP contribution < -0.4 is 5.32 Å². The summed E-state index contributed by atoms with van der Waals surface area (Å²) in [5.74, 6) is -0.302. The van der Waals surface area contributed by atoms with Gasteiger partial charge in [0.1, 0.15) is 5.56 Å². The molecule has 1 aliphatic heterocycles. The van der Waals surface area contributed by atoms with Gasteiger partial charge < -0.3 is 15.0 Å². The molecule has 1 saturated heterocycles. The van der Waals surface area contributed by atoms with Gasteiger partial charge in [0.2, 0.25) is 0 Å². The fraction of sp³-hybridized carbons (Fsp3) is 0.500. The van der Waals surface area contributed by atoms with Crippen molar-refractivity contribution in [3.05, 3.63) is 39.4 Å². The zero-order chi connectivity index (χ0) is 15.4. The van der Waals surface area contributed by atoms with E-state index in [-0.39, 0.29) is 23.3 Å². The average Bonchev–Trinajstić information content (AvgIpc) is 2.47. The predicted octanol–water partition coefficient (Wildman–Crippen LogP) is 0.964. The minimum Gasteiger partial charge on any atom is -0.373 e. The second kappa shape index (κ2) is 6.64. The van der Waals surface area contributed by atoms with Crippen molar-refractivity contribution in [1.29, 1.82) is 0 Å². The lowest BCUT2D eigenvalue weighted by molar-refractivity contribution is -0.385. The highest BCUT2D eigenvalue weighted by molar-refractivity contribution is 5.99. The molecule has 0 bridgehead atoms.